The summed E-state index contributed by atoms with van der Waals surface area (Å²) in [5.41, 5.74) is 4.98. The fourth-order valence-electron chi connectivity index (χ4n) is 1.96. The summed E-state index contributed by atoms with van der Waals surface area (Å²) in [6, 6.07) is 0. The van der Waals surface area contributed by atoms with Crippen molar-refractivity contribution in [1.82, 2.24) is 9.55 Å². The predicted octanol–water partition coefficient (Wildman–Crippen LogP) is -2.15. The fourth-order valence-corrected chi connectivity index (χ4v) is 1.96. The minimum Gasteiger partial charge on any atom is -0.394 e. The maximum Gasteiger partial charge on any atom is 0.329 e. The maximum absolute atomic E-state index is 11.8. The van der Waals surface area contributed by atoms with E-state index in [1.165, 1.54) is 11.6 Å². The van der Waals surface area contributed by atoms with Gasteiger partial charge < -0.3 is 20.5 Å². The monoisotopic (exact) mass is 256 g/mol. The van der Waals surface area contributed by atoms with Crippen LogP contribution in [0.1, 0.15) is 0 Å². The highest BCUT2D eigenvalue weighted by molar-refractivity contribution is 5.62. The number of hydrogen-bond acceptors (Lipinski definition) is 6. The van der Waals surface area contributed by atoms with Crippen LogP contribution >= 0.6 is 0 Å². The third kappa shape index (κ3) is 2.12. The number of nitrogen functional groups attached to an aromatic ring is 1. The Balaban J connectivity index is 2.42. The predicted molar refractivity (Wildman–Crippen MR) is 65.8 cm³/mol. The van der Waals surface area contributed by atoms with E-state index in [1.54, 1.807) is 4.90 Å². The van der Waals surface area contributed by atoms with Crippen molar-refractivity contribution in [3.63, 3.8) is 0 Å². The molecule has 0 aromatic carbocycles. The first kappa shape index (κ1) is 12.7. The molecule has 1 aromatic rings. The van der Waals surface area contributed by atoms with E-state index in [1.807, 2.05) is 0 Å². The number of rotatable bonds is 2. The average Bonchev–Trinajstić information content (AvgIpc) is 2.36. The van der Waals surface area contributed by atoms with Gasteiger partial charge in [-0.05, 0) is 0 Å². The summed E-state index contributed by atoms with van der Waals surface area (Å²) in [7, 11) is 1.49. The molecule has 1 atom stereocenters. The molecule has 0 saturated carbocycles. The van der Waals surface area contributed by atoms with Crippen LogP contribution in [0.4, 0.5) is 11.5 Å². The lowest BCUT2D eigenvalue weighted by molar-refractivity contribution is 0.00351. The molecule has 0 amide bonds. The normalized spacial score (nSPS) is 20.1. The molecule has 0 aliphatic carbocycles. The number of nitrogens with two attached hydrogens (primary N) is 1. The van der Waals surface area contributed by atoms with Crippen molar-refractivity contribution in [1.29, 1.82) is 0 Å². The molecule has 18 heavy (non-hydrogen) atoms. The van der Waals surface area contributed by atoms with E-state index in [4.69, 9.17) is 15.6 Å². The molecule has 1 aromatic heterocycles. The molecule has 8 heteroatoms. The SMILES string of the molecule is Cn1c(N)c(N2CCOC(CO)C2)c(=O)[nH]c1=O. The Labute approximate surface area is 103 Å². The number of aliphatic hydroxyl groups excluding tert-OH is 1. The van der Waals surface area contributed by atoms with Gasteiger partial charge in [-0.3, -0.25) is 14.3 Å². The number of aromatic nitrogens is 2. The van der Waals surface area contributed by atoms with Gasteiger partial charge in [-0.15, -0.1) is 0 Å². The molecule has 0 radical (unpaired) electrons. The number of morpholine rings is 1. The number of hydrogen-bond donors (Lipinski definition) is 3. The smallest absolute Gasteiger partial charge is 0.329 e. The second-order valence-electron chi connectivity index (χ2n) is 4.17. The van der Waals surface area contributed by atoms with Crippen LogP contribution in [0.2, 0.25) is 0 Å². The Bertz CT molecular complexity index is 550. The minimum atomic E-state index is -0.548. The van der Waals surface area contributed by atoms with E-state index < -0.39 is 11.2 Å². The van der Waals surface area contributed by atoms with Gasteiger partial charge in [0.25, 0.3) is 5.56 Å². The summed E-state index contributed by atoms with van der Waals surface area (Å²) >= 11 is 0. The molecule has 0 spiro atoms. The lowest BCUT2D eigenvalue weighted by Gasteiger charge is -2.33. The minimum absolute atomic E-state index is 0.113. The van der Waals surface area contributed by atoms with E-state index in [0.29, 0.717) is 19.7 Å². The average molecular weight is 256 g/mol. The standard InChI is InChI=1S/C10H16N4O4/c1-13-8(11)7(9(16)12-10(13)17)14-2-3-18-6(4-14)5-15/h6,15H,2-5,11H2,1H3,(H,12,16,17). The van der Waals surface area contributed by atoms with Crippen molar-refractivity contribution in [3.8, 4) is 0 Å². The largest absolute Gasteiger partial charge is 0.394 e. The lowest BCUT2D eigenvalue weighted by Crippen LogP contribution is -2.47. The van der Waals surface area contributed by atoms with Crippen LogP contribution in [0.25, 0.3) is 0 Å². The number of nitrogens with zero attached hydrogens (tertiary/aromatic N) is 2. The van der Waals surface area contributed by atoms with Gasteiger partial charge in [0.05, 0.1) is 19.3 Å². The van der Waals surface area contributed by atoms with Crippen LogP contribution < -0.4 is 21.9 Å². The van der Waals surface area contributed by atoms with Crippen LogP contribution in [0.3, 0.4) is 0 Å². The Kier molecular flexibility index (Phi) is 3.39. The highest BCUT2D eigenvalue weighted by Gasteiger charge is 2.24. The summed E-state index contributed by atoms with van der Waals surface area (Å²) in [6.45, 7) is 1.12. The van der Waals surface area contributed by atoms with Gasteiger partial charge in [-0.2, -0.15) is 0 Å². The number of ether oxygens (including phenoxy) is 1. The number of H-pyrrole nitrogens is 1. The lowest BCUT2D eigenvalue weighted by atomic mass is 10.2. The Morgan fingerprint density at radius 1 is 1.56 bits per heavy atom. The molecule has 8 nitrogen and oxygen atoms in total. The molecule has 2 heterocycles. The Morgan fingerprint density at radius 2 is 2.28 bits per heavy atom. The number of aliphatic hydroxyl groups is 1. The van der Waals surface area contributed by atoms with E-state index >= 15 is 0 Å². The van der Waals surface area contributed by atoms with Crippen molar-refractivity contribution >= 4 is 11.5 Å². The highest BCUT2D eigenvalue weighted by atomic mass is 16.5. The molecular weight excluding hydrogens is 240 g/mol. The number of anilines is 2. The molecule has 1 unspecified atom stereocenters. The Hall–Kier alpha value is -1.80. The van der Waals surface area contributed by atoms with Crippen LogP contribution in [0, 0.1) is 0 Å². The van der Waals surface area contributed by atoms with Gasteiger partial charge in [0.1, 0.15) is 11.5 Å². The van der Waals surface area contributed by atoms with Crippen molar-refractivity contribution < 1.29 is 9.84 Å². The molecule has 1 aliphatic heterocycles. The van der Waals surface area contributed by atoms with Gasteiger partial charge >= 0.3 is 5.69 Å². The first-order valence-electron chi connectivity index (χ1n) is 5.60. The van der Waals surface area contributed by atoms with Gasteiger partial charge in [-0.25, -0.2) is 4.79 Å². The van der Waals surface area contributed by atoms with Crippen molar-refractivity contribution in [2.45, 2.75) is 6.10 Å². The van der Waals surface area contributed by atoms with Gasteiger partial charge in [0.2, 0.25) is 0 Å². The first-order chi connectivity index (χ1) is 8.54. The highest BCUT2D eigenvalue weighted by Crippen LogP contribution is 2.18. The summed E-state index contributed by atoms with van der Waals surface area (Å²) in [4.78, 5) is 27.1. The summed E-state index contributed by atoms with van der Waals surface area (Å²) in [6.07, 6.45) is -0.352. The molecule has 1 aliphatic rings. The van der Waals surface area contributed by atoms with Gasteiger partial charge in [-0.1, -0.05) is 0 Å². The van der Waals surface area contributed by atoms with Crippen LogP contribution in [0.5, 0.6) is 0 Å². The zero-order valence-electron chi connectivity index (χ0n) is 10.0. The molecule has 1 fully saturated rings. The fraction of sp³-hybridized carbons (Fsp3) is 0.600. The molecule has 4 N–H and O–H groups in total. The Morgan fingerprint density at radius 3 is 2.94 bits per heavy atom. The summed E-state index contributed by atoms with van der Waals surface area (Å²) in [5, 5.41) is 9.07. The molecule has 100 valence electrons. The number of nitrogens with one attached hydrogen (secondary N) is 1. The topological polar surface area (TPSA) is 114 Å². The van der Waals surface area contributed by atoms with Gasteiger partial charge in [0, 0.05) is 20.1 Å². The maximum atomic E-state index is 11.8. The third-order valence-corrected chi connectivity index (χ3v) is 3.00. The van der Waals surface area contributed by atoms with Crippen LogP contribution in [-0.2, 0) is 11.8 Å². The van der Waals surface area contributed by atoms with Crippen LogP contribution in [-0.4, -0.2) is 47.1 Å². The first-order valence-corrected chi connectivity index (χ1v) is 5.60. The summed E-state index contributed by atoms with van der Waals surface area (Å²) < 4.78 is 6.48. The summed E-state index contributed by atoms with van der Waals surface area (Å²) in [5.74, 6) is 0.113. The van der Waals surface area contributed by atoms with E-state index in [2.05, 4.69) is 4.98 Å². The molecule has 2 rings (SSSR count). The molecular formula is C10H16N4O4. The third-order valence-electron chi connectivity index (χ3n) is 3.00. The zero-order valence-corrected chi connectivity index (χ0v) is 10.0. The molecule has 0 bridgehead atoms. The van der Waals surface area contributed by atoms with Crippen LogP contribution in [0.15, 0.2) is 9.59 Å². The number of aromatic amines is 1. The van der Waals surface area contributed by atoms with Crippen molar-refractivity contribution in [2.75, 3.05) is 36.9 Å². The second-order valence-corrected chi connectivity index (χ2v) is 4.17. The van der Waals surface area contributed by atoms with Crippen molar-refractivity contribution in [3.05, 3.63) is 20.8 Å². The molecule has 1 saturated heterocycles. The zero-order chi connectivity index (χ0) is 13.3. The quantitative estimate of drug-likeness (QED) is 0.556. The van der Waals surface area contributed by atoms with Gasteiger partial charge in [0.15, 0.2) is 0 Å². The second kappa shape index (κ2) is 4.83. The van der Waals surface area contributed by atoms with E-state index in [0.717, 1.165) is 0 Å². The van der Waals surface area contributed by atoms with E-state index in [9.17, 15) is 9.59 Å². The van der Waals surface area contributed by atoms with E-state index in [-0.39, 0.29) is 24.2 Å². The van der Waals surface area contributed by atoms with Crippen molar-refractivity contribution in [2.24, 2.45) is 7.05 Å².